The monoisotopic (exact) mass is 221 g/mol. The fourth-order valence-electron chi connectivity index (χ4n) is 1.19. The molecule has 2 rings (SSSR count). The molecule has 0 aliphatic heterocycles. The summed E-state index contributed by atoms with van der Waals surface area (Å²) in [5, 5.41) is 1.18. The van der Waals surface area contributed by atoms with Gasteiger partial charge in [0.25, 0.3) is 0 Å². The molecule has 1 aromatic heterocycles. The number of benzene rings is 1. The van der Waals surface area contributed by atoms with Crippen molar-refractivity contribution in [2.75, 3.05) is 0 Å². The summed E-state index contributed by atoms with van der Waals surface area (Å²) in [6.07, 6.45) is 0.710. The van der Waals surface area contributed by atoms with Crippen LogP contribution < -0.4 is 0 Å². The standard InChI is InChI=1S/C10H6ClNO.C2H6/c11-10-8(6-13)5-7-3-1-2-4-9(7)12-10;1-2/h1-6H;1-2H3. The number of rotatable bonds is 1. The van der Waals surface area contributed by atoms with Crippen molar-refractivity contribution in [2.45, 2.75) is 13.8 Å². The Kier molecular flexibility index (Phi) is 4.25. The zero-order valence-electron chi connectivity index (χ0n) is 8.70. The zero-order valence-corrected chi connectivity index (χ0v) is 9.45. The van der Waals surface area contributed by atoms with Crippen molar-refractivity contribution >= 4 is 28.8 Å². The Bertz CT molecular complexity index is 468. The molecule has 0 saturated carbocycles. The van der Waals surface area contributed by atoms with Gasteiger partial charge in [-0.1, -0.05) is 43.6 Å². The van der Waals surface area contributed by atoms with Crippen LogP contribution in [0.25, 0.3) is 10.9 Å². The van der Waals surface area contributed by atoms with Gasteiger partial charge in [-0.3, -0.25) is 4.79 Å². The molecule has 2 nitrogen and oxygen atoms in total. The van der Waals surface area contributed by atoms with Crippen LogP contribution in [0.15, 0.2) is 30.3 Å². The summed E-state index contributed by atoms with van der Waals surface area (Å²) in [5.41, 5.74) is 1.23. The maximum atomic E-state index is 10.5. The van der Waals surface area contributed by atoms with Crippen LogP contribution in [-0.4, -0.2) is 11.3 Å². The van der Waals surface area contributed by atoms with E-state index in [4.69, 9.17) is 11.6 Å². The summed E-state index contributed by atoms with van der Waals surface area (Å²) in [6, 6.07) is 9.26. The highest BCUT2D eigenvalue weighted by Gasteiger charge is 2.02. The van der Waals surface area contributed by atoms with Gasteiger partial charge in [-0.25, -0.2) is 4.98 Å². The molecule has 0 atom stereocenters. The van der Waals surface area contributed by atoms with E-state index in [0.717, 1.165) is 10.9 Å². The molecule has 0 spiro atoms. The van der Waals surface area contributed by atoms with E-state index in [1.165, 1.54) is 0 Å². The van der Waals surface area contributed by atoms with E-state index in [9.17, 15) is 4.79 Å². The molecule has 0 N–H and O–H groups in total. The number of fused-ring (bicyclic) bond motifs is 1. The maximum Gasteiger partial charge on any atom is 0.153 e. The first kappa shape index (κ1) is 11.7. The highest BCUT2D eigenvalue weighted by atomic mass is 35.5. The van der Waals surface area contributed by atoms with Crippen LogP contribution in [0.1, 0.15) is 24.2 Å². The first-order chi connectivity index (χ1) is 7.31. The molecule has 78 valence electrons. The number of carbonyl (C=O) groups is 1. The van der Waals surface area contributed by atoms with Gasteiger partial charge in [0.15, 0.2) is 6.29 Å². The lowest BCUT2D eigenvalue weighted by molar-refractivity contribution is 0.112. The number of carbonyl (C=O) groups excluding carboxylic acids is 1. The number of aromatic nitrogens is 1. The van der Waals surface area contributed by atoms with Crippen LogP contribution in [0.2, 0.25) is 5.15 Å². The minimum absolute atomic E-state index is 0.258. The van der Waals surface area contributed by atoms with Crippen molar-refractivity contribution in [3.63, 3.8) is 0 Å². The van der Waals surface area contributed by atoms with Gasteiger partial charge in [-0.15, -0.1) is 0 Å². The molecular formula is C12H12ClNO. The van der Waals surface area contributed by atoms with Gasteiger partial charge in [0, 0.05) is 5.39 Å². The third kappa shape index (κ3) is 2.54. The van der Waals surface area contributed by atoms with E-state index in [1.807, 2.05) is 38.1 Å². The third-order valence-electron chi connectivity index (χ3n) is 1.83. The van der Waals surface area contributed by atoms with Crippen molar-refractivity contribution in [3.05, 3.63) is 41.0 Å². The second-order valence-electron chi connectivity index (χ2n) is 2.68. The predicted molar refractivity (Wildman–Crippen MR) is 63.5 cm³/mol. The fraction of sp³-hybridized carbons (Fsp3) is 0.167. The number of nitrogens with zero attached hydrogens (tertiary/aromatic N) is 1. The number of pyridine rings is 1. The lowest BCUT2D eigenvalue weighted by atomic mass is 10.2. The lowest BCUT2D eigenvalue weighted by Gasteiger charge is -1.99. The van der Waals surface area contributed by atoms with Crippen LogP contribution in [0.4, 0.5) is 0 Å². The third-order valence-corrected chi connectivity index (χ3v) is 2.13. The van der Waals surface area contributed by atoms with Crippen LogP contribution in [0.5, 0.6) is 0 Å². The van der Waals surface area contributed by atoms with Crippen LogP contribution in [0.3, 0.4) is 0 Å². The summed E-state index contributed by atoms with van der Waals surface area (Å²) < 4.78 is 0. The Morgan fingerprint density at radius 1 is 1.27 bits per heavy atom. The minimum atomic E-state index is 0.258. The highest BCUT2D eigenvalue weighted by Crippen LogP contribution is 2.18. The van der Waals surface area contributed by atoms with Gasteiger partial charge in [-0.2, -0.15) is 0 Å². The molecule has 0 unspecified atom stereocenters. The number of hydrogen-bond acceptors (Lipinski definition) is 2. The summed E-state index contributed by atoms with van der Waals surface area (Å²) in [7, 11) is 0. The van der Waals surface area contributed by atoms with Crippen molar-refractivity contribution in [2.24, 2.45) is 0 Å². The molecule has 0 fully saturated rings. The molecule has 0 amide bonds. The Morgan fingerprint density at radius 2 is 1.93 bits per heavy atom. The molecule has 0 aliphatic carbocycles. The van der Waals surface area contributed by atoms with Crippen LogP contribution >= 0.6 is 11.6 Å². The SMILES string of the molecule is CC.O=Cc1cc2ccccc2nc1Cl. The normalized spacial score (nSPS) is 9.27. The lowest BCUT2D eigenvalue weighted by Crippen LogP contribution is -1.87. The van der Waals surface area contributed by atoms with Gasteiger partial charge in [0.2, 0.25) is 0 Å². The van der Waals surface area contributed by atoms with E-state index in [2.05, 4.69) is 4.98 Å². The average molecular weight is 222 g/mol. The summed E-state index contributed by atoms with van der Waals surface area (Å²) in [4.78, 5) is 14.6. The maximum absolute atomic E-state index is 10.5. The Balaban J connectivity index is 0.000000531. The highest BCUT2D eigenvalue weighted by molar-refractivity contribution is 6.32. The Morgan fingerprint density at radius 3 is 2.60 bits per heavy atom. The largest absolute Gasteiger partial charge is 0.298 e. The Hall–Kier alpha value is -1.41. The topological polar surface area (TPSA) is 30.0 Å². The second-order valence-corrected chi connectivity index (χ2v) is 3.04. The molecule has 1 heterocycles. The van der Waals surface area contributed by atoms with Gasteiger partial charge < -0.3 is 0 Å². The number of hydrogen-bond donors (Lipinski definition) is 0. The fourth-order valence-corrected chi connectivity index (χ4v) is 1.38. The van der Waals surface area contributed by atoms with Crippen LogP contribution in [0, 0.1) is 0 Å². The van der Waals surface area contributed by atoms with Crippen LogP contribution in [-0.2, 0) is 0 Å². The molecule has 0 bridgehead atoms. The van der Waals surface area contributed by atoms with Gasteiger partial charge in [0.05, 0.1) is 11.1 Å². The van der Waals surface area contributed by atoms with Crippen molar-refractivity contribution in [1.82, 2.24) is 4.98 Å². The van der Waals surface area contributed by atoms with E-state index in [0.29, 0.717) is 11.8 Å². The van der Waals surface area contributed by atoms with E-state index < -0.39 is 0 Å². The molecule has 2 aromatic rings. The molecule has 3 heteroatoms. The van der Waals surface area contributed by atoms with Gasteiger partial charge in [-0.05, 0) is 12.1 Å². The summed E-state index contributed by atoms with van der Waals surface area (Å²) in [6.45, 7) is 4.00. The molecular weight excluding hydrogens is 210 g/mol. The quantitative estimate of drug-likeness (QED) is 0.543. The predicted octanol–water partition coefficient (Wildman–Crippen LogP) is 3.73. The molecule has 0 saturated heterocycles. The number of para-hydroxylation sites is 1. The summed E-state index contributed by atoms with van der Waals surface area (Å²) in [5.74, 6) is 0. The molecule has 0 aliphatic rings. The minimum Gasteiger partial charge on any atom is -0.298 e. The first-order valence-corrected chi connectivity index (χ1v) is 5.19. The molecule has 1 aromatic carbocycles. The zero-order chi connectivity index (χ0) is 11.3. The van der Waals surface area contributed by atoms with Crippen molar-refractivity contribution in [1.29, 1.82) is 0 Å². The Labute approximate surface area is 93.9 Å². The average Bonchev–Trinajstić information content (AvgIpc) is 2.31. The van der Waals surface area contributed by atoms with E-state index in [-0.39, 0.29) is 5.15 Å². The van der Waals surface area contributed by atoms with Crippen molar-refractivity contribution in [3.8, 4) is 0 Å². The molecule has 15 heavy (non-hydrogen) atoms. The number of halogens is 1. The van der Waals surface area contributed by atoms with E-state index in [1.54, 1.807) is 6.07 Å². The number of aldehydes is 1. The van der Waals surface area contributed by atoms with E-state index >= 15 is 0 Å². The van der Waals surface area contributed by atoms with Crippen molar-refractivity contribution < 1.29 is 4.79 Å². The van der Waals surface area contributed by atoms with Gasteiger partial charge in [0.1, 0.15) is 5.15 Å². The summed E-state index contributed by atoms with van der Waals surface area (Å²) >= 11 is 5.76. The van der Waals surface area contributed by atoms with Gasteiger partial charge >= 0.3 is 0 Å². The first-order valence-electron chi connectivity index (χ1n) is 4.82. The second kappa shape index (κ2) is 5.47. The smallest absolute Gasteiger partial charge is 0.153 e. The molecule has 0 radical (unpaired) electrons.